The SMILES string of the molecule is COc1cnc(NS(=O)(=O)c2ccc(N=C(N)N=C(N)N)cc2)nc1. The third-order valence-corrected chi connectivity index (χ3v) is 4.07. The molecular formula is C13H16N8O3S. The molecular weight excluding hydrogens is 348 g/mol. The molecule has 7 N–H and O–H groups in total. The molecule has 0 saturated carbocycles. The fourth-order valence-electron chi connectivity index (χ4n) is 1.64. The maximum atomic E-state index is 12.3. The van der Waals surface area contributed by atoms with Crippen molar-refractivity contribution in [3.05, 3.63) is 36.7 Å². The van der Waals surface area contributed by atoms with Crippen LogP contribution in [0, 0.1) is 0 Å². The van der Waals surface area contributed by atoms with Crippen LogP contribution in [-0.4, -0.2) is 37.4 Å². The van der Waals surface area contributed by atoms with Crippen LogP contribution < -0.4 is 26.7 Å². The molecule has 0 fully saturated rings. The van der Waals surface area contributed by atoms with Crippen molar-refractivity contribution in [2.24, 2.45) is 27.2 Å². The molecule has 0 amide bonds. The Labute approximate surface area is 143 Å². The quantitative estimate of drug-likeness (QED) is 0.404. The Balaban J connectivity index is 2.18. The molecule has 0 aliphatic carbocycles. The fraction of sp³-hybridized carbons (Fsp3) is 0.0769. The van der Waals surface area contributed by atoms with Gasteiger partial charge < -0.3 is 21.9 Å². The zero-order valence-electron chi connectivity index (χ0n) is 13.1. The molecule has 25 heavy (non-hydrogen) atoms. The highest BCUT2D eigenvalue weighted by molar-refractivity contribution is 7.92. The molecule has 132 valence electrons. The Morgan fingerprint density at radius 3 is 2.24 bits per heavy atom. The molecule has 0 spiro atoms. The van der Waals surface area contributed by atoms with Crippen LogP contribution in [-0.2, 0) is 10.0 Å². The number of guanidine groups is 2. The number of ether oxygens (including phenoxy) is 1. The minimum Gasteiger partial charge on any atom is -0.494 e. The molecule has 0 bridgehead atoms. The average molecular weight is 364 g/mol. The van der Waals surface area contributed by atoms with Crippen LogP contribution in [0.5, 0.6) is 5.75 Å². The number of sulfonamides is 1. The van der Waals surface area contributed by atoms with Gasteiger partial charge in [0.25, 0.3) is 10.0 Å². The highest BCUT2D eigenvalue weighted by atomic mass is 32.2. The summed E-state index contributed by atoms with van der Waals surface area (Å²) in [5, 5.41) is 0. The van der Waals surface area contributed by atoms with Crippen LogP contribution >= 0.6 is 0 Å². The van der Waals surface area contributed by atoms with Gasteiger partial charge in [0.2, 0.25) is 11.9 Å². The summed E-state index contributed by atoms with van der Waals surface area (Å²) in [5.74, 6) is -0.0621. The second-order valence-electron chi connectivity index (χ2n) is 4.55. The Morgan fingerprint density at radius 1 is 1.12 bits per heavy atom. The minimum absolute atomic E-state index is 0.00807. The number of hydrogen-bond donors (Lipinski definition) is 4. The lowest BCUT2D eigenvalue weighted by Crippen LogP contribution is -2.26. The molecule has 0 radical (unpaired) electrons. The number of benzene rings is 1. The fourth-order valence-corrected chi connectivity index (χ4v) is 2.60. The third kappa shape index (κ3) is 5.04. The van der Waals surface area contributed by atoms with E-state index in [4.69, 9.17) is 21.9 Å². The maximum Gasteiger partial charge on any atom is 0.264 e. The monoisotopic (exact) mass is 364 g/mol. The van der Waals surface area contributed by atoms with E-state index in [0.717, 1.165) is 0 Å². The second kappa shape index (κ2) is 7.44. The van der Waals surface area contributed by atoms with Gasteiger partial charge in [-0.1, -0.05) is 0 Å². The predicted octanol–water partition coefficient (Wildman–Crippen LogP) is -0.494. The van der Waals surface area contributed by atoms with Crippen LogP contribution in [0.1, 0.15) is 0 Å². The topological polar surface area (TPSA) is 184 Å². The molecule has 0 saturated heterocycles. The minimum atomic E-state index is -3.86. The highest BCUT2D eigenvalue weighted by Crippen LogP contribution is 2.18. The number of nitrogens with zero attached hydrogens (tertiary/aromatic N) is 4. The number of hydrogen-bond acceptors (Lipinski definition) is 6. The summed E-state index contributed by atoms with van der Waals surface area (Å²) in [6.07, 6.45) is 2.68. The van der Waals surface area contributed by atoms with Crippen molar-refractivity contribution in [1.82, 2.24) is 9.97 Å². The van der Waals surface area contributed by atoms with Gasteiger partial charge >= 0.3 is 0 Å². The van der Waals surface area contributed by atoms with E-state index in [1.165, 1.54) is 43.8 Å². The molecule has 1 aromatic carbocycles. The Hall–Kier alpha value is -3.41. The van der Waals surface area contributed by atoms with Gasteiger partial charge in [-0.2, -0.15) is 4.99 Å². The first-order chi connectivity index (χ1) is 11.8. The molecule has 0 aliphatic rings. The van der Waals surface area contributed by atoms with Crippen molar-refractivity contribution in [3.63, 3.8) is 0 Å². The van der Waals surface area contributed by atoms with E-state index in [1.807, 2.05) is 0 Å². The molecule has 12 heteroatoms. The van der Waals surface area contributed by atoms with Crippen molar-refractivity contribution in [3.8, 4) is 5.75 Å². The molecule has 2 aromatic rings. The van der Waals surface area contributed by atoms with Gasteiger partial charge in [0.1, 0.15) is 0 Å². The van der Waals surface area contributed by atoms with Crippen molar-refractivity contribution < 1.29 is 13.2 Å². The smallest absolute Gasteiger partial charge is 0.264 e. The number of rotatable bonds is 5. The van der Waals surface area contributed by atoms with E-state index in [1.54, 1.807) is 0 Å². The van der Waals surface area contributed by atoms with E-state index in [9.17, 15) is 8.42 Å². The summed E-state index contributed by atoms with van der Waals surface area (Å²) in [7, 11) is -2.41. The largest absolute Gasteiger partial charge is 0.494 e. The van der Waals surface area contributed by atoms with Crippen LogP contribution in [0.2, 0.25) is 0 Å². The zero-order chi connectivity index (χ0) is 18.4. The summed E-state index contributed by atoms with van der Waals surface area (Å²) in [6.45, 7) is 0. The number of nitrogens with two attached hydrogens (primary N) is 3. The van der Waals surface area contributed by atoms with Crippen molar-refractivity contribution >= 4 is 33.6 Å². The summed E-state index contributed by atoms with van der Waals surface area (Å²) in [4.78, 5) is 15.1. The van der Waals surface area contributed by atoms with Gasteiger partial charge in [-0.15, -0.1) is 0 Å². The highest BCUT2D eigenvalue weighted by Gasteiger charge is 2.15. The normalized spacial score (nSPS) is 11.6. The van der Waals surface area contributed by atoms with Crippen molar-refractivity contribution in [1.29, 1.82) is 0 Å². The number of methoxy groups -OCH3 is 1. The van der Waals surface area contributed by atoms with E-state index in [0.29, 0.717) is 11.4 Å². The Bertz CT molecular complexity index is 888. The summed E-state index contributed by atoms with van der Waals surface area (Å²) in [5.41, 5.74) is 16.2. The summed E-state index contributed by atoms with van der Waals surface area (Å²) < 4.78 is 31.7. The zero-order valence-corrected chi connectivity index (χ0v) is 13.9. The molecule has 11 nitrogen and oxygen atoms in total. The summed E-state index contributed by atoms with van der Waals surface area (Å²) in [6, 6.07) is 5.57. The van der Waals surface area contributed by atoms with Gasteiger partial charge in [-0.3, -0.25) is 0 Å². The molecule has 1 aromatic heterocycles. The Kier molecular flexibility index (Phi) is 5.34. The van der Waals surface area contributed by atoms with Crippen molar-refractivity contribution in [2.75, 3.05) is 11.8 Å². The van der Waals surface area contributed by atoms with E-state index in [2.05, 4.69) is 24.7 Å². The van der Waals surface area contributed by atoms with E-state index < -0.39 is 10.0 Å². The van der Waals surface area contributed by atoms with Crippen LogP contribution in [0.4, 0.5) is 11.6 Å². The Morgan fingerprint density at radius 2 is 1.72 bits per heavy atom. The number of aromatic nitrogens is 2. The van der Waals surface area contributed by atoms with Crippen molar-refractivity contribution in [2.45, 2.75) is 4.90 Å². The maximum absolute atomic E-state index is 12.3. The first-order valence-corrected chi connectivity index (χ1v) is 8.21. The standard InChI is InChI=1S/C13H16N8O3S/c1-24-9-6-17-13(18-7-9)21-25(22,23)10-4-2-8(3-5-10)19-12(16)20-11(14)15/h2-7H,1H3,(H,17,18,21)(H6,14,15,16,19,20). The predicted molar refractivity (Wildman–Crippen MR) is 92.9 cm³/mol. The molecule has 2 rings (SSSR count). The lowest BCUT2D eigenvalue weighted by Gasteiger charge is -2.07. The van der Waals surface area contributed by atoms with Gasteiger partial charge in [0.05, 0.1) is 30.1 Å². The first kappa shape index (κ1) is 17.9. The van der Waals surface area contributed by atoms with Gasteiger partial charge in [0, 0.05) is 0 Å². The van der Waals surface area contributed by atoms with Crippen LogP contribution in [0.25, 0.3) is 0 Å². The molecule has 0 atom stereocenters. The van der Waals surface area contributed by atoms with Crippen LogP contribution in [0.3, 0.4) is 0 Å². The average Bonchev–Trinajstić information content (AvgIpc) is 2.55. The third-order valence-electron chi connectivity index (χ3n) is 2.72. The number of nitrogens with one attached hydrogen (secondary N) is 1. The van der Waals surface area contributed by atoms with Gasteiger partial charge in [0.15, 0.2) is 11.7 Å². The summed E-state index contributed by atoms with van der Waals surface area (Å²) >= 11 is 0. The number of anilines is 1. The number of aliphatic imine (C=N–C) groups is 2. The van der Waals surface area contributed by atoms with E-state index in [-0.39, 0.29) is 22.8 Å². The van der Waals surface area contributed by atoms with E-state index >= 15 is 0 Å². The van der Waals surface area contributed by atoms with Gasteiger partial charge in [-0.25, -0.2) is 28.1 Å². The molecule has 1 heterocycles. The van der Waals surface area contributed by atoms with Gasteiger partial charge in [-0.05, 0) is 24.3 Å². The molecule has 0 unspecified atom stereocenters. The lowest BCUT2D eigenvalue weighted by atomic mass is 10.3. The van der Waals surface area contributed by atoms with Crippen LogP contribution in [0.15, 0.2) is 51.5 Å². The molecule has 0 aliphatic heterocycles. The first-order valence-electron chi connectivity index (χ1n) is 6.73. The second-order valence-corrected chi connectivity index (χ2v) is 6.23. The lowest BCUT2D eigenvalue weighted by molar-refractivity contribution is 0.411.